The lowest BCUT2D eigenvalue weighted by molar-refractivity contribution is -0.158. The van der Waals surface area contributed by atoms with Crippen LogP contribution in [0.4, 0.5) is 0 Å². The molecule has 0 bridgehead atoms. The lowest BCUT2D eigenvalue weighted by atomic mass is 10.2. The first-order valence-corrected chi connectivity index (χ1v) is 4.82. The number of hydrogen-bond donors (Lipinski definition) is 1. The number of methoxy groups -OCH3 is 1. The molecule has 1 unspecified atom stereocenters. The van der Waals surface area contributed by atoms with Crippen LogP contribution in [0, 0.1) is 0 Å². The van der Waals surface area contributed by atoms with Crippen LogP contribution in [0.1, 0.15) is 12.5 Å². The van der Waals surface area contributed by atoms with Crippen LogP contribution in [0.5, 0.6) is 5.75 Å². The van der Waals surface area contributed by atoms with Gasteiger partial charge in [-0.2, -0.15) is 0 Å². The van der Waals surface area contributed by atoms with Gasteiger partial charge in [-0.15, -0.1) is 0 Å². The highest BCUT2D eigenvalue weighted by Gasteiger charge is 2.00. The fourth-order valence-corrected chi connectivity index (χ4v) is 1.09. The molecule has 0 amide bonds. The standard InChI is InChI=1S/C12H14O4/c1-9(13)16-12(14)8-5-10-3-6-11(15-2)7-4-10/h3-9,13H,1-2H3/b8-5+. The molecule has 1 rings (SSSR count). The molecule has 0 aromatic heterocycles. The van der Waals surface area contributed by atoms with E-state index in [0.717, 1.165) is 11.3 Å². The number of benzene rings is 1. The number of esters is 1. The molecule has 0 radical (unpaired) electrons. The summed E-state index contributed by atoms with van der Waals surface area (Å²) >= 11 is 0. The second-order valence-electron chi connectivity index (χ2n) is 3.14. The first-order valence-electron chi connectivity index (χ1n) is 4.82. The molecule has 1 N–H and O–H groups in total. The lowest BCUT2D eigenvalue weighted by Crippen LogP contribution is -2.11. The van der Waals surface area contributed by atoms with Crippen molar-refractivity contribution < 1.29 is 19.4 Å². The number of rotatable bonds is 4. The number of hydrogen-bond acceptors (Lipinski definition) is 4. The van der Waals surface area contributed by atoms with Crippen molar-refractivity contribution in [3.8, 4) is 5.75 Å². The summed E-state index contributed by atoms with van der Waals surface area (Å²) in [5.41, 5.74) is 0.850. The number of carbonyl (C=O) groups excluding carboxylic acids is 1. The van der Waals surface area contributed by atoms with Gasteiger partial charge in [-0.05, 0) is 30.7 Å². The number of ether oxygens (including phenoxy) is 2. The Morgan fingerprint density at radius 2 is 2.00 bits per heavy atom. The van der Waals surface area contributed by atoms with Crippen molar-refractivity contribution in [1.82, 2.24) is 0 Å². The molecule has 0 aliphatic rings. The number of carbonyl (C=O) groups is 1. The predicted octanol–water partition coefficient (Wildman–Crippen LogP) is 1.59. The van der Waals surface area contributed by atoms with Crippen LogP contribution < -0.4 is 4.74 Å². The maximum Gasteiger partial charge on any atom is 0.333 e. The second-order valence-corrected chi connectivity index (χ2v) is 3.14. The summed E-state index contributed by atoms with van der Waals surface area (Å²) < 4.78 is 9.52. The molecule has 0 saturated heterocycles. The summed E-state index contributed by atoms with van der Waals surface area (Å²) in [5.74, 6) is 0.175. The van der Waals surface area contributed by atoms with E-state index >= 15 is 0 Å². The molecular weight excluding hydrogens is 208 g/mol. The smallest absolute Gasteiger partial charge is 0.333 e. The summed E-state index contributed by atoms with van der Waals surface area (Å²) in [4.78, 5) is 11.1. The van der Waals surface area contributed by atoms with E-state index in [1.807, 2.05) is 12.1 Å². The summed E-state index contributed by atoms with van der Waals surface area (Å²) in [6.07, 6.45) is 1.77. The van der Waals surface area contributed by atoms with Gasteiger partial charge in [-0.1, -0.05) is 12.1 Å². The van der Waals surface area contributed by atoms with Gasteiger partial charge in [0.15, 0.2) is 6.29 Å². The van der Waals surface area contributed by atoms with Crippen molar-refractivity contribution in [2.24, 2.45) is 0 Å². The fraction of sp³-hybridized carbons (Fsp3) is 0.250. The quantitative estimate of drug-likeness (QED) is 0.477. The van der Waals surface area contributed by atoms with E-state index in [0.29, 0.717) is 0 Å². The molecule has 1 aromatic carbocycles. The first-order chi connectivity index (χ1) is 7.61. The van der Waals surface area contributed by atoms with Crippen molar-refractivity contribution in [3.05, 3.63) is 35.9 Å². The Labute approximate surface area is 94.1 Å². The zero-order valence-electron chi connectivity index (χ0n) is 9.21. The zero-order chi connectivity index (χ0) is 12.0. The molecule has 0 heterocycles. The van der Waals surface area contributed by atoms with E-state index < -0.39 is 12.3 Å². The van der Waals surface area contributed by atoms with E-state index in [4.69, 9.17) is 9.84 Å². The van der Waals surface area contributed by atoms with E-state index in [2.05, 4.69) is 4.74 Å². The van der Waals surface area contributed by atoms with Crippen LogP contribution >= 0.6 is 0 Å². The molecular formula is C12H14O4. The van der Waals surface area contributed by atoms with Gasteiger partial charge in [0.05, 0.1) is 7.11 Å². The molecule has 0 aliphatic heterocycles. The van der Waals surface area contributed by atoms with Crippen LogP contribution in [-0.4, -0.2) is 24.5 Å². The Morgan fingerprint density at radius 3 is 2.50 bits per heavy atom. The van der Waals surface area contributed by atoms with Crippen molar-refractivity contribution >= 4 is 12.0 Å². The van der Waals surface area contributed by atoms with E-state index in [1.54, 1.807) is 25.3 Å². The van der Waals surface area contributed by atoms with Crippen LogP contribution in [0.15, 0.2) is 30.3 Å². The topological polar surface area (TPSA) is 55.8 Å². The van der Waals surface area contributed by atoms with Crippen LogP contribution in [0.25, 0.3) is 6.08 Å². The molecule has 0 saturated carbocycles. The van der Waals surface area contributed by atoms with Crippen molar-refractivity contribution in [3.63, 3.8) is 0 Å². The van der Waals surface area contributed by atoms with E-state index in [-0.39, 0.29) is 0 Å². The lowest BCUT2D eigenvalue weighted by Gasteiger charge is -2.03. The highest BCUT2D eigenvalue weighted by atomic mass is 16.6. The molecule has 4 nitrogen and oxygen atoms in total. The van der Waals surface area contributed by atoms with Gasteiger partial charge in [0.1, 0.15) is 5.75 Å². The minimum atomic E-state index is -1.09. The van der Waals surface area contributed by atoms with Gasteiger partial charge in [-0.3, -0.25) is 0 Å². The minimum absolute atomic E-state index is 0.578. The van der Waals surface area contributed by atoms with Crippen LogP contribution in [-0.2, 0) is 9.53 Å². The van der Waals surface area contributed by atoms with Gasteiger partial charge in [0, 0.05) is 6.08 Å². The highest BCUT2D eigenvalue weighted by Crippen LogP contribution is 2.12. The molecule has 1 aromatic rings. The van der Waals surface area contributed by atoms with E-state index in [9.17, 15) is 4.79 Å². The summed E-state index contributed by atoms with van der Waals surface area (Å²) in [6.45, 7) is 1.37. The van der Waals surface area contributed by atoms with Gasteiger partial charge in [0.25, 0.3) is 0 Å². The molecule has 0 aliphatic carbocycles. The maximum atomic E-state index is 11.1. The van der Waals surface area contributed by atoms with E-state index in [1.165, 1.54) is 13.0 Å². The SMILES string of the molecule is COc1ccc(/C=C/C(=O)OC(C)O)cc1. The van der Waals surface area contributed by atoms with Gasteiger partial charge in [-0.25, -0.2) is 4.79 Å². The first kappa shape index (κ1) is 12.3. The molecule has 0 fully saturated rings. The highest BCUT2D eigenvalue weighted by molar-refractivity contribution is 5.87. The minimum Gasteiger partial charge on any atom is -0.497 e. The second kappa shape index (κ2) is 5.92. The molecule has 16 heavy (non-hydrogen) atoms. The largest absolute Gasteiger partial charge is 0.497 e. The Balaban J connectivity index is 2.58. The molecule has 0 spiro atoms. The van der Waals surface area contributed by atoms with Gasteiger partial charge in [0.2, 0.25) is 0 Å². The molecule has 86 valence electrons. The third kappa shape index (κ3) is 4.14. The summed E-state index contributed by atoms with van der Waals surface area (Å²) in [6, 6.07) is 7.20. The zero-order valence-corrected chi connectivity index (χ0v) is 9.21. The predicted molar refractivity (Wildman–Crippen MR) is 59.8 cm³/mol. The maximum absolute atomic E-state index is 11.1. The number of aliphatic hydroxyl groups excluding tert-OH is 1. The third-order valence-corrected chi connectivity index (χ3v) is 1.81. The summed E-state index contributed by atoms with van der Waals surface area (Å²) in [7, 11) is 1.59. The Bertz CT molecular complexity index is 365. The Hall–Kier alpha value is -1.81. The molecule has 1 atom stereocenters. The van der Waals surface area contributed by atoms with Crippen LogP contribution in [0.2, 0.25) is 0 Å². The van der Waals surface area contributed by atoms with Crippen LogP contribution in [0.3, 0.4) is 0 Å². The van der Waals surface area contributed by atoms with Gasteiger partial charge < -0.3 is 14.6 Å². The average molecular weight is 222 g/mol. The third-order valence-electron chi connectivity index (χ3n) is 1.81. The van der Waals surface area contributed by atoms with Crippen molar-refractivity contribution in [2.45, 2.75) is 13.2 Å². The van der Waals surface area contributed by atoms with Gasteiger partial charge >= 0.3 is 5.97 Å². The number of aliphatic hydroxyl groups is 1. The normalized spacial score (nSPS) is 12.4. The monoisotopic (exact) mass is 222 g/mol. The van der Waals surface area contributed by atoms with Crippen molar-refractivity contribution in [1.29, 1.82) is 0 Å². The average Bonchev–Trinajstić information content (AvgIpc) is 2.26. The van der Waals surface area contributed by atoms with Crippen molar-refractivity contribution in [2.75, 3.05) is 7.11 Å². The fourth-order valence-electron chi connectivity index (χ4n) is 1.09. The summed E-state index contributed by atoms with van der Waals surface area (Å²) in [5, 5.41) is 8.79. The Kier molecular flexibility index (Phi) is 4.54. The Morgan fingerprint density at radius 1 is 1.38 bits per heavy atom. The molecule has 4 heteroatoms.